The molecule has 1 aliphatic rings. The van der Waals surface area contributed by atoms with Crippen molar-refractivity contribution in [1.29, 1.82) is 0 Å². The molecule has 3 aromatic heterocycles. The van der Waals surface area contributed by atoms with Crippen LogP contribution in [0.2, 0.25) is 0 Å². The Morgan fingerprint density at radius 2 is 1.97 bits per heavy atom. The summed E-state index contributed by atoms with van der Waals surface area (Å²) < 4.78 is 4.06. The van der Waals surface area contributed by atoms with Crippen LogP contribution < -0.4 is 20.2 Å². The molecule has 0 saturated carbocycles. The van der Waals surface area contributed by atoms with Gasteiger partial charge in [0.15, 0.2) is 4.80 Å². The predicted molar refractivity (Wildman–Crippen MR) is 136 cm³/mol. The van der Waals surface area contributed by atoms with Crippen LogP contribution in [-0.2, 0) is 11.3 Å². The van der Waals surface area contributed by atoms with Crippen molar-refractivity contribution < 1.29 is 4.79 Å². The molecule has 5 rings (SSSR count). The number of fused-ring (bicyclic) bond motifs is 1. The lowest BCUT2D eigenvalue weighted by Crippen LogP contribution is -2.40. The second-order valence-corrected chi connectivity index (χ2v) is 9.93. The number of amides is 1. The molecule has 1 aromatic carbocycles. The van der Waals surface area contributed by atoms with Gasteiger partial charge in [-0.15, -0.1) is 11.3 Å². The number of thiophene rings is 1. The van der Waals surface area contributed by atoms with E-state index in [1.54, 1.807) is 4.57 Å². The summed E-state index contributed by atoms with van der Waals surface area (Å²) in [6.45, 7) is 6.54. The Morgan fingerprint density at radius 3 is 2.65 bits per heavy atom. The van der Waals surface area contributed by atoms with E-state index in [0.717, 1.165) is 22.7 Å². The van der Waals surface area contributed by atoms with E-state index in [9.17, 15) is 9.59 Å². The Morgan fingerprint density at radius 1 is 1.18 bits per heavy atom. The number of carbonyl (C=O) groups is 1. The first-order valence-corrected chi connectivity index (χ1v) is 12.6. The predicted octanol–water partition coefficient (Wildman–Crippen LogP) is 3.46. The van der Waals surface area contributed by atoms with Crippen molar-refractivity contribution in [2.24, 2.45) is 4.99 Å². The van der Waals surface area contributed by atoms with Crippen molar-refractivity contribution in [3.05, 3.63) is 101 Å². The van der Waals surface area contributed by atoms with Crippen molar-refractivity contribution in [1.82, 2.24) is 14.3 Å². The lowest BCUT2D eigenvalue weighted by Gasteiger charge is -2.24. The van der Waals surface area contributed by atoms with Crippen molar-refractivity contribution in [3.8, 4) is 0 Å². The number of nitrogens with one attached hydrogen (secondary N) is 1. The number of benzene rings is 1. The fourth-order valence-electron chi connectivity index (χ4n) is 4.03. The van der Waals surface area contributed by atoms with Gasteiger partial charge in [-0.05, 0) is 50.4 Å². The monoisotopic (exact) mass is 489 g/mol. The highest BCUT2D eigenvalue weighted by Crippen LogP contribution is 2.33. The molecule has 1 N–H and O–H groups in total. The third-order valence-electron chi connectivity index (χ3n) is 5.71. The van der Waals surface area contributed by atoms with Gasteiger partial charge in [-0.2, -0.15) is 5.10 Å². The van der Waals surface area contributed by atoms with E-state index < -0.39 is 6.04 Å². The van der Waals surface area contributed by atoms with Crippen LogP contribution in [0.5, 0.6) is 0 Å². The van der Waals surface area contributed by atoms with Crippen LogP contribution in [0.25, 0.3) is 6.08 Å². The van der Waals surface area contributed by atoms with Crippen molar-refractivity contribution in [3.63, 3.8) is 0 Å². The summed E-state index contributed by atoms with van der Waals surface area (Å²) in [4.78, 5) is 33.3. The summed E-state index contributed by atoms with van der Waals surface area (Å²) in [5, 5.41) is 9.40. The van der Waals surface area contributed by atoms with Gasteiger partial charge in [0.1, 0.15) is 6.04 Å². The van der Waals surface area contributed by atoms with Crippen LogP contribution >= 0.6 is 22.7 Å². The number of aryl methyl sites for hydroxylation is 2. The number of carbonyl (C=O) groups excluding carboxylic acids is 1. The molecule has 7 nitrogen and oxygen atoms in total. The highest BCUT2D eigenvalue weighted by molar-refractivity contribution is 7.10. The second-order valence-electron chi connectivity index (χ2n) is 7.94. The third-order valence-corrected chi connectivity index (χ3v) is 7.61. The average molecular weight is 490 g/mol. The molecule has 0 aliphatic carbocycles. The molecule has 0 bridgehead atoms. The maximum absolute atomic E-state index is 13.6. The fourth-order valence-corrected chi connectivity index (χ4v) is 5.89. The Balaban J connectivity index is 1.65. The van der Waals surface area contributed by atoms with Crippen LogP contribution in [0.4, 0.5) is 5.69 Å². The molecule has 1 atom stereocenters. The minimum absolute atomic E-state index is 0.164. The van der Waals surface area contributed by atoms with E-state index in [4.69, 9.17) is 0 Å². The number of nitrogens with zero attached hydrogens (tertiary/aromatic N) is 4. The quantitative estimate of drug-likeness (QED) is 0.466. The molecule has 34 heavy (non-hydrogen) atoms. The number of para-hydroxylation sites is 1. The number of hydrogen-bond acceptors (Lipinski definition) is 6. The standard InChI is InChI=1S/C25H23N5O2S2/c1-4-29-14-17(15(2)28-29)13-20-24(32)30-22(19-11-8-12-33-19)21(16(3)26-25(30)34-20)23(31)27-18-9-6-5-7-10-18/h5-14,22H,4H2,1-3H3,(H,27,31). The van der Waals surface area contributed by atoms with E-state index in [1.807, 2.05) is 85.6 Å². The number of aromatic nitrogens is 3. The lowest BCUT2D eigenvalue weighted by atomic mass is 10.0. The van der Waals surface area contributed by atoms with Gasteiger partial charge in [0.25, 0.3) is 11.5 Å². The fraction of sp³-hybridized carbons (Fsp3) is 0.200. The zero-order valence-corrected chi connectivity index (χ0v) is 20.6. The molecule has 1 unspecified atom stereocenters. The van der Waals surface area contributed by atoms with Crippen LogP contribution in [0.15, 0.2) is 75.1 Å². The highest BCUT2D eigenvalue weighted by Gasteiger charge is 2.33. The maximum Gasteiger partial charge on any atom is 0.271 e. The number of hydrogen-bond donors (Lipinski definition) is 1. The topological polar surface area (TPSA) is 81.3 Å². The number of anilines is 1. The summed E-state index contributed by atoms with van der Waals surface area (Å²) in [6, 6.07) is 12.6. The molecular weight excluding hydrogens is 466 g/mol. The van der Waals surface area contributed by atoms with E-state index in [-0.39, 0.29) is 11.5 Å². The molecule has 9 heteroatoms. The Bertz CT molecular complexity index is 1570. The van der Waals surface area contributed by atoms with Gasteiger partial charge in [-0.25, -0.2) is 4.99 Å². The molecule has 0 fully saturated rings. The molecule has 1 amide bonds. The smallest absolute Gasteiger partial charge is 0.271 e. The number of thiazole rings is 1. The first kappa shape index (κ1) is 22.2. The third kappa shape index (κ3) is 3.97. The Kier molecular flexibility index (Phi) is 5.89. The summed E-state index contributed by atoms with van der Waals surface area (Å²) in [6.07, 6.45) is 3.81. The lowest BCUT2D eigenvalue weighted by molar-refractivity contribution is -0.113. The normalized spacial score (nSPS) is 15.9. The van der Waals surface area contributed by atoms with Crippen molar-refractivity contribution in [2.45, 2.75) is 33.4 Å². The summed E-state index contributed by atoms with van der Waals surface area (Å²) in [5.41, 5.74) is 3.37. The minimum Gasteiger partial charge on any atom is -0.322 e. The van der Waals surface area contributed by atoms with Crippen LogP contribution in [0, 0.1) is 6.92 Å². The highest BCUT2D eigenvalue weighted by atomic mass is 32.1. The minimum atomic E-state index is -0.540. The number of rotatable bonds is 5. The van der Waals surface area contributed by atoms with Crippen molar-refractivity contribution in [2.75, 3.05) is 5.32 Å². The van der Waals surface area contributed by atoms with Gasteiger partial charge < -0.3 is 5.32 Å². The van der Waals surface area contributed by atoms with E-state index >= 15 is 0 Å². The molecule has 0 saturated heterocycles. The molecule has 1 aliphatic heterocycles. The second kappa shape index (κ2) is 9.00. The zero-order valence-electron chi connectivity index (χ0n) is 19.0. The van der Waals surface area contributed by atoms with Gasteiger partial charge in [-0.3, -0.25) is 18.8 Å². The van der Waals surface area contributed by atoms with Gasteiger partial charge in [-0.1, -0.05) is 35.6 Å². The number of allylic oxidation sites excluding steroid dienone is 1. The first-order chi connectivity index (χ1) is 16.5. The largest absolute Gasteiger partial charge is 0.322 e. The van der Waals surface area contributed by atoms with E-state index in [0.29, 0.717) is 26.3 Å². The molecular formula is C25H23N5O2S2. The van der Waals surface area contributed by atoms with Crippen LogP contribution in [-0.4, -0.2) is 20.3 Å². The van der Waals surface area contributed by atoms with E-state index in [2.05, 4.69) is 15.4 Å². The molecule has 0 radical (unpaired) electrons. The maximum atomic E-state index is 13.6. The molecule has 4 heterocycles. The van der Waals surface area contributed by atoms with Gasteiger partial charge >= 0.3 is 0 Å². The van der Waals surface area contributed by atoms with E-state index in [1.165, 1.54) is 22.7 Å². The van der Waals surface area contributed by atoms with Crippen molar-refractivity contribution >= 4 is 40.3 Å². The average Bonchev–Trinajstić information content (AvgIpc) is 3.54. The molecule has 172 valence electrons. The molecule has 0 spiro atoms. The van der Waals surface area contributed by atoms with Gasteiger partial charge in [0, 0.05) is 28.9 Å². The van der Waals surface area contributed by atoms with Gasteiger partial charge in [0.2, 0.25) is 0 Å². The summed E-state index contributed by atoms with van der Waals surface area (Å²) in [5.74, 6) is -0.264. The van der Waals surface area contributed by atoms with Gasteiger partial charge in [0.05, 0.1) is 21.5 Å². The zero-order chi connectivity index (χ0) is 23.8. The Labute approximate surface area is 204 Å². The first-order valence-electron chi connectivity index (χ1n) is 10.9. The van der Waals surface area contributed by atoms with Crippen LogP contribution in [0.1, 0.15) is 36.0 Å². The summed E-state index contributed by atoms with van der Waals surface area (Å²) in [7, 11) is 0. The molecule has 4 aromatic rings. The SMILES string of the molecule is CCn1cc(C=c2sc3n(c2=O)C(c2cccs2)C(C(=O)Nc2ccccc2)=C(C)N=3)c(C)n1. The Hall–Kier alpha value is -3.56. The van der Waals surface area contributed by atoms with Crippen LogP contribution in [0.3, 0.4) is 0 Å². The summed E-state index contributed by atoms with van der Waals surface area (Å²) >= 11 is 2.85.